The van der Waals surface area contributed by atoms with Crippen molar-refractivity contribution in [2.24, 2.45) is 5.92 Å². The molecule has 2 atom stereocenters. The van der Waals surface area contributed by atoms with Crippen LogP contribution in [0.3, 0.4) is 0 Å². The van der Waals surface area contributed by atoms with Gasteiger partial charge in [0.05, 0.1) is 5.69 Å². The molecule has 2 aliphatic rings. The molecular weight excluding hydrogens is 434 g/mol. The molecule has 31 heavy (non-hydrogen) atoms. The fourth-order valence-corrected chi connectivity index (χ4v) is 5.29. The average molecular weight is 458 g/mol. The molecule has 162 valence electrons. The highest BCUT2D eigenvalue weighted by Gasteiger charge is 2.55. The van der Waals surface area contributed by atoms with E-state index in [0.29, 0.717) is 17.1 Å². The second-order valence-electron chi connectivity index (χ2n) is 8.04. The van der Waals surface area contributed by atoms with E-state index in [9.17, 15) is 14.4 Å². The number of carbonyl (C=O) groups is 3. The van der Waals surface area contributed by atoms with Crippen LogP contribution in [0.1, 0.15) is 32.6 Å². The molecule has 6 nitrogen and oxygen atoms in total. The maximum absolute atomic E-state index is 13.1. The Kier molecular flexibility index (Phi) is 6.25. The van der Waals surface area contributed by atoms with Gasteiger partial charge in [-0.15, -0.1) is 0 Å². The Bertz CT molecular complexity index is 1010. The third-order valence-electron chi connectivity index (χ3n) is 6.01. The van der Waals surface area contributed by atoms with Crippen molar-refractivity contribution in [3.63, 3.8) is 0 Å². The predicted octanol–water partition coefficient (Wildman–Crippen LogP) is 4.93. The number of carbonyl (C=O) groups excluding carboxylic acids is 3. The van der Waals surface area contributed by atoms with Gasteiger partial charge in [0.25, 0.3) is 5.91 Å². The van der Waals surface area contributed by atoms with E-state index in [-0.39, 0.29) is 18.4 Å². The zero-order valence-corrected chi connectivity index (χ0v) is 18.8. The molecule has 1 spiro atoms. The number of hydrogen-bond acceptors (Lipinski definition) is 4. The van der Waals surface area contributed by atoms with E-state index >= 15 is 0 Å². The van der Waals surface area contributed by atoms with Gasteiger partial charge >= 0.3 is 6.03 Å². The van der Waals surface area contributed by atoms with E-state index in [1.54, 1.807) is 6.07 Å². The largest absolute Gasteiger partial charge is 0.325 e. The minimum absolute atomic E-state index is 0.0577. The third kappa shape index (κ3) is 4.43. The van der Waals surface area contributed by atoms with Crippen molar-refractivity contribution in [3.05, 3.63) is 53.6 Å². The van der Waals surface area contributed by atoms with Crippen LogP contribution in [-0.2, 0) is 9.59 Å². The van der Waals surface area contributed by atoms with E-state index in [0.717, 1.165) is 34.0 Å². The van der Waals surface area contributed by atoms with Crippen LogP contribution in [0.5, 0.6) is 0 Å². The molecule has 2 fully saturated rings. The fourth-order valence-electron chi connectivity index (χ4n) is 4.26. The summed E-state index contributed by atoms with van der Waals surface area (Å²) in [6.45, 7) is 1.68. The van der Waals surface area contributed by atoms with Crippen molar-refractivity contribution in [2.75, 3.05) is 11.9 Å². The Morgan fingerprint density at radius 3 is 2.68 bits per heavy atom. The summed E-state index contributed by atoms with van der Waals surface area (Å²) >= 11 is 7.44. The topological polar surface area (TPSA) is 78.5 Å². The summed E-state index contributed by atoms with van der Waals surface area (Å²) in [4.78, 5) is 41.2. The molecule has 0 radical (unpaired) electrons. The molecule has 1 aliphatic heterocycles. The number of urea groups is 1. The maximum atomic E-state index is 13.1. The molecule has 2 aromatic carbocycles. The summed E-state index contributed by atoms with van der Waals surface area (Å²) < 4.78 is 0. The number of hydrogen-bond donors (Lipinski definition) is 2. The molecule has 0 unspecified atom stereocenters. The molecule has 4 amide bonds. The zero-order chi connectivity index (χ0) is 22.0. The van der Waals surface area contributed by atoms with Crippen LogP contribution < -0.4 is 10.6 Å². The highest BCUT2D eigenvalue weighted by atomic mass is 35.5. The van der Waals surface area contributed by atoms with Crippen LogP contribution in [0, 0.1) is 5.92 Å². The Labute approximate surface area is 190 Å². The first kappa shape index (κ1) is 21.7. The van der Waals surface area contributed by atoms with E-state index in [2.05, 4.69) is 10.6 Å². The van der Waals surface area contributed by atoms with E-state index in [1.165, 1.54) is 11.8 Å². The summed E-state index contributed by atoms with van der Waals surface area (Å²) in [5.41, 5.74) is -0.238. The molecule has 1 saturated heterocycles. The third-order valence-corrected chi connectivity index (χ3v) is 7.34. The first-order valence-electron chi connectivity index (χ1n) is 10.4. The lowest BCUT2D eigenvalue weighted by atomic mass is 9.73. The van der Waals surface area contributed by atoms with Gasteiger partial charge in [0.15, 0.2) is 0 Å². The maximum Gasteiger partial charge on any atom is 0.325 e. The van der Waals surface area contributed by atoms with Gasteiger partial charge in [-0.3, -0.25) is 14.5 Å². The molecule has 0 bridgehead atoms. The monoisotopic (exact) mass is 457 g/mol. The van der Waals surface area contributed by atoms with Gasteiger partial charge in [0.1, 0.15) is 12.1 Å². The van der Waals surface area contributed by atoms with Crippen molar-refractivity contribution in [1.82, 2.24) is 10.2 Å². The molecule has 0 aromatic heterocycles. The van der Waals surface area contributed by atoms with Crippen molar-refractivity contribution >= 4 is 46.9 Å². The Morgan fingerprint density at radius 1 is 1.19 bits per heavy atom. The highest BCUT2D eigenvalue weighted by molar-refractivity contribution is 7.99. The van der Waals surface area contributed by atoms with Crippen molar-refractivity contribution in [2.45, 2.75) is 47.9 Å². The lowest BCUT2D eigenvalue weighted by Crippen LogP contribution is -2.54. The van der Waals surface area contributed by atoms with Gasteiger partial charge in [-0.2, -0.15) is 0 Å². The van der Waals surface area contributed by atoms with Crippen molar-refractivity contribution in [3.8, 4) is 0 Å². The normalized spacial score (nSPS) is 23.2. The number of benzene rings is 2. The molecule has 8 heteroatoms. The van der Waals surface area contributed by atoms with E-state index < -0.39 is 17.5 Å². The zero-order valence-electron chi connectivity index (χ0n) is 17.2. The summed E-state index contributed by atoms with van der Waals surface area (Å²) in [6, 6.07) is 14.4. The SMILES string of the molecule is C[C@@H]1CCCC[C@@]12NC(=O)N(CC(=O)Nc1ccccc1Sc1ccc(Cl)cc1)C2=O. The van der Waals surface area contributed by atoms with Crippen LogP contribution >= 0.6 is 23.4 Å². The van der Waals surface area contributed by atoms with Gasteiger partial charge in [0.2, 0.25) is 5.91 Å². The molecule has 4 rings (SSSR count). The van der Waals surface area contributed by atoms with E-state index in [4.69, 9.17) is 11.6 Å². The Morgan fingerprint density at radius 2 is 1.94 bits per heavy atom. The van der Waals surface area contributed by atoms with Crippen LogP contribution in [0.25, 0.3) is 0 Å². The number of nitrogens with zero attached hydrogens (tertiary/aromatic N) is 1. The molecular formula is C23H24ClN3O3S. The number of rotatable bonds is 5. The van der Waals surface area contributed by atoms with Gasteiger partial charge in [0, 0.05) is 14.8 Å². The van der Waals surface area contributed by atoms with E-state index in [1.807, 2.05) is 49.4 Å². The summed E-state index contributed by atoms with van der Waals surface area (Å²) in [5.74, 6) is -0.640. The minimum atomic E-state index is -0.863. The fraction of sp³-hybridized carbons (Fsp3) is 0.348. The smallest absolute Gasteiger partial charge is 0.323 e. The first-order chi connectivity index (χ1) is 14.9. The van der Waals surface area contributed by atoms with Crippen molar-refractivity contribution < 1.29 is 14.4 Å². The Hall–Kier alpha value is -2.51. The van der Waals surface area contributed by atoms with Crippen molar-refractivity contribution in [1.29, 1.82) is 0 Å². The molecule has 1 aliphatic carbocycles. The quantitative estimate of drug-likeness (QED) is 0.624. The summed E-state index contributed by atoms with van der Waals surface area (Å²) in [6.07, 6.45) is 3.46. The minimum Gasteiger partial charge on any atom is -0.323 e. The van der Waals surface area contributed by atoms with Crippen LogP contribution in [0.2, 0.25) is 5.02 Å². The molecule has 2 N–H and O–H groups in total. The lowest BCUT2D eigenvalue weighted by Gasteiger charge is -2.36. The van der Waals surface area contributed by atoms with Gasteiger partial charge in [-0.1, -0.05) is 55.3 Å². The molecule has 1 heterocycles. The lowest BCUT2D eigenvalue weighted by molar-refractivity contribution is -0.136. The Balaban J connectivity index is 1.45. The number of para-hydroxylation sites is 1. The second kappa shape index (κ2) is 8.93. The number of amides is 4. The number of halogens is 1. The van der Waals surface area contributed by atoms with Crippen LogP contribution in [0.4, 0.5) is 10.5 Å². The average Bonchev–Trinajstić information content (AvgIpc) is 2.98. The standard InChI is InChI=1S/C23H24ClN3O3S/c1-15-6-4-5-13-23(15)21(29)27(22(30)26-23)14-20(28)25-18-7-2-3-8-19(18)31-17-11-9-16(24)10-12-17/h2-3,7-12,15H,4-6,13-14H2,1H3,(H,25,28)(H,26,30)/t15-,23-/m1/s1. The molecule has 1 saturated carbocycles. The first-order valence-corrected chi connectivity index (χ1v) is 11.5. The number of imide groups is 1. The summed E-state index contributed by atoms with van der Waals surface area (Å²) in [7, 11) is 0. The van der Waals surface area contributed by atoms with Gasteiger partial charge in [-0.25, -0.2) is 4.79 Å². The number of anilines is 1. The highest BCUT2D eigenvalue weighted by Crippen LogP contribution is 2.38. The van der Waals surface area contributed by atoms with Crippen LogP contribution in [-0.4, -0.2) is 34.8 Å². The van der Waals surface area contributed by atoms with Crippen LogP contribution in [0.15, 0.2) is 58.3 Å². The van der Waals surface area contributed by atoms with Gasteiger partial charge < -0.3 is 10.6 Å². The molecule has 2 aromatic rings. The van der Waals surface area contributed by atoms with Gasteiger partial charge in [-0.05, 0) is 55.2 Å². The summed E-state index contributed by atoms with van der Waals surface area (Å²) in [5, 5.41) is 6.39. The number of nitrogens with one attached hydrogen (secondary N) is 2. The second-order valence-corrected chi connectivity index (χ2v) is 9.59. The predicted molar refractivity (Wildman–Crippen MR) is 121 cm³/mol.